The van der Waals surface area contributed by atoms with Crippen molar-refractivity contribution in [1.82, 2.24) is 9.88 Å². The molecule has 0 bridgehead atoms. The molecule has 0 radical (unpaired) electrons. The first-order chi connectivity index (χ1) is 13.6. The van der Waals surface area contributed by atoms with Crippen LogP contribution in [-0.4, -0.2) is 36.0 Å². The molecule has 3 aromatic rings. The van der Waals surface area contributed by atoms with E-state index >= 15 is 0 Å². The molecule has 0 unspecified atom stereocenters. The first-order valence-electron chi connectivity index (χ1n) is 8.88. The number of ether oxygens (including phenoxy) is 2. The lowest BCUT2D eigenvalue weighted by Crippen LogP contribution is -2.30. The maximum absolute atomic E-state index is 12.6. The lowest BCUT2D eigenvalue weighted by Gasteiger charge is -2.18. The average Bonchev–Trinajstić information content (AvgIpc) is 2.72. The summed E-state index contributed by atoms with van der Waals surface area (Å²) in [5.41, 5.74) is 1.56. The van der Waals surface area contributed by atoms with Crippen LogP contribution in [0.3, 0.4) is 0 Å². The molecule has 0 aliphatic heterocycles. The molecule has 0 fully saturated rings. The van der Waals surface area contributed by atoms with E-state index in [0.717, 1.165) is 5.56 Å². The second-order valence-electron chi connectivity index (χ2n) is 6.19. The Morgan fingerprint density at radius 1 is 1.04 bits per heavy atom. The van der Waals surface area contributed by atoms with Crippen molar-refractivity contribution in [1.29, 1.82) is 0 Å². The van der Waals surface area contributed by atoms with Gasteiger partial charge in [0.1, 0.15) is 19.0 Å². The van der Waals surface area contributed by atoms with Crippen molar-refractivity contribution in [2.75, 3.05) is 20.2 Å². The first kappa shape index (κ1) is 19.7. The quantitative estimate of drug-likeness (QED) is 0.564. The van der Waals surface area contributed by atoms with Gasteiger partial charge in [-0.15, -0.1) is 0 Å². The van der Waals surface area contributed by atoms with Crippen LogP contribution in [0, 0.1) is 0 Å². The second-order valence-corrected chi connectivity index (χ2v) is 6.63. The van der Waals surface area contributed by atoms with Crippen molar-refractivity contribution in [2.24, 2.45) is 0 Å². The van der Waals surface area contributed by atoms with Gasteiger partial charge in [0.2, 0.25) is 5.88 Å². The van der Waals surface area contributed by atoms with Gasteiger partial charge in [-0.2, -0.15) is 0 Å². The average molecular weight is 397 g/mol. The number of halogens is 1. The molecule has 1 aromatic heterocycles. The number of hydrogen-bond donors (Lipinski definition) is 0. The van der Waals surface area contributed by atoms with E-state index in [1.807, 2.05) is 42.5 Å². The summed E-state index contributed by atoms with van der Waals surface area (Å²) in [6, 6.07) is 20.3. The number of rotatable bonds is 8. The predicted octanol–water partition coefficient (Wildman–Crippen LogP) is 4.47. The maximum Gasteiger partial charge on any atom is 0.253 e. The van der Waals surface area contributed by atoms with E-state index in [-0.39, 0.29) is 5.91 Å². The minimum absolute atomic E-state index is 0.123. The first-order valence-corrected chi connectivity index (χ1v) is 9.26. The largest absolute Gasteiger partial charge is 0.492 e. The van der Waals surface area contributed by atoms with Gasteiger partial charge >= 0.3 is 0 Å². The van der Waals surface area contributed by atoms with Crippen LogP contribution >= 0.6 is 11.6 Å². The Balaban J connectivity index is 1.52. The zero-order valence-electron chi connectivity index (χ0n) is 15.5. The highest BCUT2D eigenvalue weighted by atomic mass is 35.5. The Labute approximate surface area is 169 Å². The van der Waals surface area contributed by atoms with Crippen molar-refractivity contribution in [3.63, 3.8) is 0 Å². The highest BCUT2D eigenvalue weighted by Gasteiger charge is 2.13. The highest BCUT2D eigenvalue weighted by molar-refractivity contribution is 6.30. The number of hydrogen-bond acceptors (Lipinski definition) is 4. The van der Waals surface area contributed by atoms with Gasteiger partial charge in [0, 0.05) is 29.9 Å². The van der Waals surface area contributed by atoms with E-state index in [1.54, 1.807) is 42.4 Å². The summed E-state index contributed by atoms with van der Waals surface area (Å²) in [6.07, 6.45) is 1.57. The molecule has 0 saturated heterocycles. The molecule has 1 heterocycles. The van der Waals surface area contributed by atoms with E-state index in [4.69, 9.17) is 21.1 Å². The molecule has 0 aliphatic rings. The summed E-state index contributed by atoms with van der Waals surface area (Å²) in [5, 5.41) is 0.613. The van der Waals surface area contributed by atoms with Crippen LogP contribution in [0.2, 0.25) is 5.02 Å². The second kappa shape index (κ2) is 9.76. The summed E-state index contributed by atoms with van der Waals surface area (Å²) < 4.78 is 11.3. The molecule has 6 heteroatoms. The Kier molecular flexibility index (Phi) is 6.87. The zero-order valence-corrected chi connectivity index (χ0v) is 16.3. The lowest BCUT2D eigenvalue weighted by molar-refractivity contribution is 0.0773. The Morgan fingerprint density at radius 3 is 2.64 bits per heavy atom. The molecule has 1 amide bonds. The zero-order chi connectivity index (χ0) is 19.8. The molecular weight excluding hydrogens is 376 g/mol. The van der Waals surface area contributed by atoms with Gasteiger partial charge in [-0.25, -0.2) is 4.98 Å². The van der Waals surface area contributed by atoms with Gasteiger partial charge in [-0.1, -0.05) is 48.0 Å². The molecule has 0 saturated carbocycles. The summed E-state index contributed by atoms with van der Waals surface area (Å²) in [6.45, 7) is 1.20. The summed E-state index contributed by atoms with van der Waals surface area (Å²) in [5.74, 6) is 0.966. The van der Waals surface area contributed by atoms with Gasteiger partial charge in [-0.05, 0) is 29.8 Å². The van der Waals surface area contributed by atoms with Gasteiger partial charge in [0.25, 0.3) is 5.91 Å². The van der Waals surface area contributed by atoms with Crippen molar-refractivity contribution in [3.05, 3.63) is 89.1 Å². The van der Waals surface area contributed by atoms with Crippen molar-refractivity contribution < 1.29 is 14.3 Å². The molecule has 28 heavy (non-hydrogen) atoms. The topological polar surface area (TPSA) is 51.7 Å². The minimum Gasteiger partial charge on any atom is -0.492 e. The van der Waals surface area contributed by atoms with Crippen LogP contribution in [0.5, 0.6) is 11.6 Å². The fourth-order valence-corrected chi connectivity index (χ4v) is 2.71. The highest BCUT2D eigenvalue weighted by Crippen LogP contribution is 2.17. The number of carbonyl (C=O) groups is 1. The van der Waals surface area contributed by atoms with Crippen LogP contribution in [-0.2, 0) is 6.61 Å². The molecule has 0 spiro atoms. The van der Waals surface area contributed by atoms with Crippen LogP contribution in [0.25, 0.3) is 0 Å². The number of benzene rings is 2. The summed E-state index contributed by atoms with van der Waals surface area (Å²) >= 11 is 5.93. The van der Waals surface area contributed by atoms with E-state index in [2.05, 4.69) is 4.98 Å². The van der Waals surface area contributed by atoms with Gasteiger partial charge < -0.3 is 14.4 Å². The lowest BCUT2D eigenvalue weighted by atomic mass is 10.2. The normalized spacial score (nSPS) is 10.4. The van der Waals surface area contributed by atoms with Crippen molar-refractivity contribution in [3.8, 4) is 11.6 Å². The number of pyridine rings is 1. The monoisotopic (exact) mass is 396 g/mol. The number of amides is 1. The van der Waals surface area contributed by atoms with Gasteiger partial charge in [0.15, 0.2) is 0 Å². The van der Waals surface area contributed by atoms with E-state index < -0.39 is 0 Å². The third kappa shape index (κ3) is 5.72. The third-order valence-electron chi connectivity index (χ3n) is 4.05. The van der Waals surface area contributed by atoms with Crippen LogP contribution in [0.4, 0.5) is 0 Å². The molecule has 2 aromatic carbocycles. The number of likely N-dealkylation sites (N-methyl/N-ethyl adjacent to an activating group) is 1. The third-order valence-corrected chi connectivity index (χ3v) is 4.28. The number of aromatic nitrogens is 1. The Hall–Kier alpha value is -3.05. The Morgan fingerprint density at radius 2 is 1.86 bits per heavy atom. The van der Waals surface area contributed by atoms with E-state index in [9.17, 15) is 4.79 Å². The SMILES string of the molecule is CN(CCOc1cccc(Cl)c1)C(=O)c1ccnc(OCc2ccccc2)c1. The fourth-order valence-electron chi connectivity index (χ4n) is 2.53. The maximum atomic E-state index is 12.6. The van der Waals surface area contributed by atoms with Crippen molar-refractivity contribution >= 4 is 17.5 Å². The van der Waals surface area contributed by atoms with E-state index in [1.165, 1.54) is 0 Å². The smallest absolute Gasteiger partial charge is 0.253 e. The van der Waals surface area contributed by atoms with Gasteiger partial charge in [-0.3, -0.25) is 4.79 Å². The van der Waals surface area contributed by atoms with Gasteiger partial charge in [0.05, 0.1) is 6.54 Å². The van der Waals surface area contributed by atoms with Crippen molar-refractivity contribution in [2.45, 2.75) is 6.61 Å². The van der Waals surface area contributed by atoms with E-state index in [0.29, 0.717) is 42.0 Å². The minimum atomic E-state index is -0.123. The molecule has 0 atom stereocenters. The number of carbonyl (C=O) groups excluding carboxylic acids is 1. The molecule has 144 valence electrons. The van der Waals surface area contributed by atoms with Crippen LogP contribution in [0.1, 0.15) is 15.9 Å². The predicted molar refractivity (Wildman–Crippen MR) is 109 cm³/mol. The number of nitrogens with zero attached hydrogens (tertiary/aromatic N) is 2. The fraction of sp³-hybridized carbons (Fsp3) is 0.182. The summed E-state index contributed by atoms with van der Waals surface area (Å²) in [7, 11) is 1.73. The van der Waals surface area contributed by atoms with Crippen LogP contribution < -0.4 is 9.47 Å². The summed E-state index contributed by atoms with van der Waals surface area (Å²) in [4.78, 5) is 18.4. The Bertz CT molecular complexity index is 918. The molecule has 0 N–H and O–H groups in total. The molecular formula is C22H21ClN2O3. The van der Waals surface area contributed by atoms with Crippen LogP contribution in [0.15, 0.2) is 72.9 Å². The standard InChI is InChI=1S/C22H21ClN2O3/c1-25(12-13-27-20-9-5-8-19(23)15-20)22(26)18-10-11-24-21(14-18)28-16-17-6-3-2-4-7-17/h2-11,14-15H,12-13,16H2,1H3. The molecule has 3 rings (SSSR count). The molecule has 5 nitrogen and oxygen atoms in total. The molecule has 0 aliphatic carbocycles.